The van der Waals surface area contributed by atoms with E-state index in [0.29, 0.717) is 37.3 Å². The predicted octanol–water partition coefficient (Wildman–Crippen LogP) is 1.91. The van der Waals surface area contributed by atoms with Crippen LogP contribution in [-0.4, -0.2) is 49.9 Å². The van der Waals surface area contributed by atoms with Crippen LogP contribution in [0.2, 0.25) is 0 Å². The largest absolute Gasteiger partial charge is 0.390 e. The van der Waals surface area contributed by atoms with E-state index in [1.165, 1.54) is 11.3 Å². The fourth-order valence-electron chi connectivity index (χ4n) is 2.28. The number of nitrogens with one attached hydrogen (secondary N) is 2. The first-order valence-electron chi connectivity index (χ1n) is 6.77. The Morgan fingerprint density at radius 1 is 1.52 bits per heavy atom. The summed E-state index contributed by atoms with van der Waals surface area (Å²) in [6, 6.07) is -0.176. The Labute approximate surface area is 126 Å². The van der Waals surface area contributed by atoms with Crippen molar-refractivity contribution in [1.29, 1.82) is 0 Å². The topological polar surface area (TPSA) is 94.1 Å². The third kappa shape index (κ3) is 3.06. The van der Waals surface area contributed by atoms with E-state index in [0.717, 1.165) is 5.01 Å². The van der Waals surface area contributed by atoms with Crippen molar-refractivity contribution in [1.82, 2.24) is 20.1 Å². The molecule has 21 heavy (non-hydrogen) atoms. The molecular weight excluding hydrogens is 290 g/mol. The van der Waals surface area contributed by atoms with E-state index in [1.807, 2.05) is 5.38 Å². The van der Waals surface area contributed by atoms with Crippen molar-refractivity contribution in [3.8, 4) is 10.7 Å². The number of anilines is 1. The van der Waals surface area contributed by atoms with Crippen LogP contribution in [0.1, 0.15) is 19.8 Å². The number of urea groups is 1. The van der Waals surface area contributed by atoms with Gasteiger partial charge in [-0.05, 0) is 19.8 Å². The number of likely N-dealkylation sites (tertiary alicyclic amines) is 1. The highest BCUT2D eigenvalue weighted by Crippen LogP contribution is 2.28. The van der Waals surface area contributed by atoms with Gasteiger partial charge in [-0.1, -0.05) is 0 Å². The van der Waals surface area contributed by atoms with E-state index in [9.17, 15) is 9.90 Å². The number of amides is 2. The minimum Gasteiger partial charge on any atom is -0.390 e. The van der Waals surface area contributed by atoms with Crippen LogP contribution in [0.3, 0.4) is 0 Å². The molecule has 3 N–H and O–H groups in total. The summed E-state index contributed by atoms with van der Waals surface area (Å²) in [5.41, 5.74) is 0.660. The zero-order valence-electron chi connectivity index (χ0n) is 11.7. The summed E-state index contributed by atoms with van der Waals surface area (Å²) in [5, 5.41) is 22.2. The number of nitrogens with zero attached hydrogens (tertiary/aromatic N) is 3. The summed E-state index contributed by atoms with van der Waals surface area (Å²) in [5.74, 6) is 0. The fraction of sp³-hybridized carbons (Fsp3) is 0.462. The molecule has 2 aromatic heterocycles. The Kier molecular flexibility index (Phi) is 3.64. The van der Waals surface area contributed by atoms with Gasteiger partial charge < -0.3 is 15.3 Å². The third-order valence-electron chi connectivity index (χ3n) is 3.65. The molecule has 1 aliphatic heterocycles. The van der Waals surface area contributed by atoms with Gasteiger partial charge >= 0.3 is 6.03 Å². The van der Waals surface area contributed by atoms with Gasteiger partial charge in [0.25, 0.3) is 0 Å². The number of aromatic amines is 1. The molecule has 3 rings (SSSR count). The Balaban J connectivity index is 1.68. The Hall–Kier alpha value is -1.93. The Bertz CT molecular complexity index is 612. The number of hydrogen-bond donors (Lipinski definition) is 3. The molecule has 1 saturated heterocycles. The summed E-state index contributed by atoms with van der Waals surface area (Å²) in [6.07, 6.45) is 4.46. The number of aromatic nitrogens is 3. The second-order valence-electron chi connectivity index (χ2n) is 5.41. The van der Waals surface area contributed by atoms with E-state index in [4.69, 9.17) is 0 Å². The monoisotopic (exact) mass is 307 g/mol. The number of thiazole rings is 1. The molecule has 112 valence electrons. The van der Waals surface area contributed by atoms with Gasteiger partial charge in [-0.25, -0.2) is 9.78 Å². The van der Waals surface area contributed by atoms with Gasteiger partial charge in [-0.15, -0.1) is 11.3 Å². The highest BCUT2D eigenvalue weighted by molar-refractivity contribution is 7.13. The maximum Gasteiger partial charge on any atom is 0.321 e. The summed E-state index contributed by atoms with van der Waals surface area (Å²) < 4.78 is 0. The lowest BCUT2D eigenvalue weighted by molar-refractivity contribution is 0.00570. The van der Waals surface area contributed by atoms with Gasteiger partial charge in [-0.3, -0.25) is 5.10 Å². The van der Waals surface area contributed by atoms with Crippen molar-refractivity contribution >= 4 is 23.1 Å². The highest BCUT2D eigenvalue weighted by atomic mass is 32.1. The molecule has 2 amide bonds. The van der Waals surface area contributed by atoms with Crippen LogP contribution in [-0.2, 0) is 0 Å². The minimum atomic E-state index is -0.668. The average Bonchev–Trinajstić information content (AvgIpc) is 3.08. The summed E-state index contributed by atoms with van der Waals surface area (Å²) in [7, 11) is 0. The maximum absolute atomic E-state index is 12.3. The number of carbonyl (C=O) groups is 1. The molecule has 0 unspecified atom stereocenters. The van der Waals surface area contributed by atoms with E-state index in [2.05, 4.69) is 20.5 Å². The van der Waals surface area contributed by atoms with Crippen molar-refractivity contribution in [2.24, 2.45) is 0 Å². The van der Waals surface area contributed by atoms with Crippen LogP contribution in [0.5, 0.6) is 0 Å². The van der Waals surface area contributed by atoms with Crippen molar-refractivity contribution in [3.05, 3.63) is 17.8 Å². The summed E-state index contributed by atoms with van der Waals surface area (Å²) >= 11 is 1.48. The second kappa shape index (κ2) is 5.45. The van der Waals surface area contributed by atoms with Crippen LogP contribution in [0.25, 0.3) is 10.7 Å². The molecule has 3 heterocycles. The fourth-order valence-corrected chi connectivity index (χ4v) is 2.92. The van der Waals surface area contributed by atoms with E-state index in [-0.39, 0.29) is 6.03 Å². The number of hydrogen-bond acceptors (Lipinski definition) is 5. The first kappa shape index (κ1) is 14.0. The van der Waals surface area contributed by atoms with Crippen LogP contribution >= 0.6 is 11.3 Å². The van der Waals surface area contributed by atoms with E-state index in [1.54, 1.807) is 24.2 Å². The zero-order valence-corrected chi connectivity index (χ0v) is 12.5. The van der Waals surface area contributed by atoms with Gasteiger partial charge in [0.2, 0.25) is 0 Å². The third-order valence-corrected chi connectivity index (χ3v) is 4.45. The zero-order chi connectivity index (χ0) is 14.9. The lowest BCUT2D eigenvalue weighted by Gasteiger charge is -2.35. The smallest absolute Gasteiger partial charge is 0.321 e. The van der Waals surface area contributed by atoms with Crippen LogP contribution < -0.4 is 5.32 Å². The van der Waals surface area contributed by atoms with E-state index >= 15 is 0 Å². The molecule has 1 fully saturated rings. The molecule has 0 radical (unpaired) electrons. The standard InChI is InChI=1S/C13H17N5O2S/c1-13(20)2-5-18(6-3-13)12(19)16-9-8-15-17-10(9)11-14-4-7-21-11/h4,7-8,20H,2-3,5-6H2,1H3,(H,15,17)(H,16,19). The van der Waals surface area contributed by atoms with Crippen LogP contribution in [0.4, 0.5) is 10.5 Å². The first-order chi connectivity index (χ1) is 10.1. The molecular formula is C13H17N5O2S. The number of rotatable bonds is 2. The maximum atomic E-state index is 12.3. The molecule has 1 aliphatic rings. The van der Waals surface area contributed by atoms with Gasteiger partial charge in [0, 0.05) is 24.7 Å². The second-order valence-corrected chi connectivity index (χ2v) is 6.30. The van der Waals surface area contributed by atoms with Crippen molar-refractivity contribution in [2.75, 3.05) is 18.4 Å². The molecule has 7 nitrogen and oxygen atoms in total. The number of aliphatic hydroxyl groups is 1. The minimum absolute atomic E-state index is 0.176. The van der Waals surface area contributed by atoms with Gasteiger partial charge in [-0.2, -0.15) is 5.10 Å². The normalized spacial score (nSPS) is 17.7. The SMILES string of the molecule is CC1(O)CCN(C(=O)Nc2cn[nH]c2-c2nccs2)CC1. The van der Waals surface area contributed by atoms with Crippen molar-refractivity contribution in [2.45, 2.75) is 25.4 Å². The van der Waals surface area contributed by atoms with Crippen LogP contribution in [0, 0.1) is 0 Å². The molecule has 0 bridgehead atoms. The number of carbonyl (C=O) groups excluding carboxylic acids is 1. The van der Waals surface area contributed by atoms with Crippen LogP contribution in [0.15, 0.2) is 17.8 Å². The van der Waals surface area contributed by atoms with Gasteiger partial charge in [0.1, 0.15) is 10.7 Å². The average molecular weight is 307 g/mol. The molecule has 0 atom stereocenters. The predicted molar refractivity (Wildman–Crippen MR) is 80.1 cm³/mol. The summed E-state index contributed by atoms with van der Waals surface area (Å²) in [4.78, 5) is 18.2. The quantitative estimate of drug-likeness (QED) is 0.790. The molecule has 0 aliphatic carbocycles. The molecule has 2 aromatic rings. The highest BCUT2D eigenvalue weighted by Gasteiger charge is 2.30. The van der Waals surface area contributed by atoms with Crippen molar-refractivity contribution in [3.63, 3.8) is 0 Å². The number of H-pyrrole nitrogens is 1. The molecule has 0 spiro atoms. The first-order valence-corrected chi connectivity index (χ1v) is 7.65. The molecule has 0 saturated carbocycles. The lowest BCUT2D eigenvalue weighted by atomic mass is 9.94. The number of piperidine rings is 1. The van der Waals surface area contributed by atoms with Crippen molar-refractivity contribution < 1.29 is 9.90 Å². The van der Waals surface area contributed by atoms with Gasteiger partial charge in [0.15, 0.2) is 0 Å². The van der Waals surface area contributed by atoms with Gasteiger partial charge in [0.05, 0.1) is 17.5 Å². The Morgan fingerprint density at radius 2 is 2.29 bits per heavy atom. The lowest BCUT2D eigenvalue weighted by Crippen LogP contribution is -2.46. The summed E-state index contributed by atoms with van der Waals surface area (Å²) in [6.45, 7) is 2.89. The molecule has 8 heteroatoms. The molecule has 0 aromatic carbocycles. The van der Waals surface area contributed by atoms with E-state index < -0.39 is 5.60 Å². The Morgan fingerprint density at radius 3 is 2.95 bits per heavy atom.